The fourth-order valence-electron chi connectivity index (χ4n) is 2.72. The minimum Gasteiger partial charge on any atom is -0.330 e. The van der Waals surface area contributed by atoms with E-state index in [1.54, 1.807) is 24.8 Å². The van der Waals surface area contributed by atoms with E-state index < -0.39 is 11.8 Å². The van der Waals surface area contributed by atoms with E-state index in [2.05, 4.69) is 9.97 Å². The average Bonchev–Trinajstić information content (AvgIpc) is 2.86. The number of hydrogen-bond acceptors (Lipinski definition) is 2. The molecular weight excluding hydrogens is 272 g/mol. The standard InChI is InChI=1S/C16H13F2N3/c17-16(18)8-12(16)10-21-7-6-20-15(21)14-3-1-2-11-9-19-5-4-13(11)14/h1-7,9,12H,8,10H2. The molecule has 21 heavy (non-hydrogen) atoms. The Bertz CT molecular complexity index is 805. The number of fused-ring (bicyclic) bond motifs is 1. The molecule has 1 unspecified atom stereocenters. The number of nitrogens with zero attached hydrogens (tertiary/aromatic N) is 3. The van der Waals surface area contributed by atoms with Crippen LogP contribution < -0.4 is 0 Å². The lowest BCUT2D eigenvalue weighted by Crippen LogP contribution is -2.06. The first-order valence-corrected chi connectivity index (χ1v) is 6.87. The van der Waals surface area contributed by atoms with Crippen LogP contribution in [0.25, 0.3) is 22.2 Å². The van der Waals surface area contributed by atoms with Crippen molar-refractivity contribution in [2.75, 3.05) is 0 Å². The highest BCUT2D eigenvalue weighted by Crippen LogP contribution is 2.49. The molecule has 1 aromatic carbocycles. The van der Waals surface area contributed by atoms with E-state index in [-0.39, 0.29) is 6.42 Å². The number of pyridine rings is 1. The van der Waals surface area contributed by atoms with Gasteiger partial charge < -0.3 is 4.57 Å². The van der Waals surface area contributed by atoms with E-state index in [4.69, 9.17) is 0 Å². The second-order valence-electron chi connectivity index (χ2n) is 5.47. The molecule has 0 amide bonds. The highest BCUT2D eigenvalue weighted by Gasteiger charge is 2.56. The van der Waals surface area contributed by atoms with Gasteiger partial charge in [0.15, 0.2) is 0 Å². The summed E-state index contributed by atoms with van der Waals surface area (Å²) in [4.78, 5) is 8.47. The molecule has 0 bridgehead atoms. The average molecular weight is 285 g/mol. The Kier molecular flexibility index (Phi) is 2.58. The topological polar surface area (TPSA) is 30.7 Å². The van der Waals surface area contributed by atoms with E-state index in [9.17, 15) is 8.78 Å². The third-order valence-electron chi connectivity index (χ3n) is 4.01. The van der Waals surface area contributed by atoms with Gasteiger partial charge in [0.1, 0.15) is 5.82 Å². The van der Waals surface area contributed by atoms with Gasteiger partial charge in [0, 0.05) is 54.6 Å². The zero-order valence-corrected chi connectivity index (χ0v) is 11.2. The van der Waals surface area contributed by atoms with Gasteiger partial charge in [-0.1, -0.05) is 18.2 Å². The van der Waals surface area contributed by atoms with Crippen molar-refractivity contribution in [3.05, 3.63) is 49.1 Å². The molecule has 0 saturated heterocycles. The summed E-state index contributed by atoms with van der Waals surface area (Å²) in [5.74, 6) is -2.35. The van der Waals surface area contributed by atoms with Gasteiger partial charge in [-0.2, -0.15) is 0 Å². The predicted octanol–water partition coefficient (Wildman–Crippen LogP) is 3.75. The van der Waals surface area contributed by atoms with Crippen molar-refractivity contribution < 1.29 is 8.78 Å². The lowest BCUT2D eigenvalue weighted by molar-refractivity contribution is 0.0952. The zero-order valence-electron chi connectivity index (χ0n) is 11.2. The molecule has 1 atom stereocenters. The van der Waals surface area contributed by atoms with Crippen LogP contribution in [0, 0.1) is 5.92 Å². The number of alkyl halides is 2. The summed E-state index contributed by atoms with van der Waals surface area (Å²) >= 11 is 0. The number of aromatic nitrogens is 3. The van der Waals surface area contributed by atoms with E-state index in [0.717, 1.165) is 22.2 Å². The van der Waals surface area contributed by atoms with Crippen molar-refractivity contribution in [2.45, 2.75) is 18.9 Å². The minimum atomic E-state index is -2.51. The van der Waals surface area contributed by atoms with Gasteiger partial charge in [-0.15, -0.1) is 0 Å². The van der Waals surface area contributed by atoms with Crippen LogP contribution in [0.3, 0.4) is 0 Å². The Balaban J connectivity index is 1.78. The van der Waals surface area contributed by atoms with Crippen molar-refractivity contribution >= 4 is 10.8 Å². The van der Waals surface area contributed by atoms with Crippen molar-refractivity contribution in [1.82, 2.24) is 14.5 Å². The molecule has 1 aliphatic carbocycles. The third-order valence-corrected chi connectivity index (χ3v) is 4.01. The number of imidazole rings is 1. The number of hydrogen-bond donors (Lipinski definition) is 0. The first-order valence-electron chi connectivity index (χ1n) is 6.87. The van der Waals surface area contributed by atoms with Crippen LogP contribution in [-0.4, -0.2) is 20.5 Å². The maximum absolute atomic E-state index is 13.1. The molecule has 2 heterocycles. The molecule has 1 saturated carbocycles. The first-order chi connectivity index (χ1) is 10.1. The van der Waals surface area contributed by atoms with Crippen LogP contribution in [0.2, 0.25) is 0 Å². The van der Waals surface area contributed by atoms with Crippen LogP contribution in [0.4, 0.5) is 8.78 Å². The van der Waals surface area contributed by atoms with Gasteiger partial charge in [-0.05, 0) is 11.5 Å². The molecule has 1 fully saturated rings. The lowest BCUT2D eigenvalue weighted by atomic mass is 10.1. The fourth-order valence-corrected chi connectivity index (χ4v) is 2.72. The maximum Gasteiger partial charge on any atom is 0.253 e. The number of rotatable bonds is 3. The monoisotopic (exact) mass is 285 g/mol. The summed E-state index contributed by atoms with van der Waals surface area (Å²) in [7, 11) is 0. The molecule has 4 rings (SSSR count). The molecule has 2 aromatic heterocycles. The van der Waals surface area contributed by atoms with Gasteiger partial charge in [0.2, 0.25) is 0 Å². The highest BCUT2D eigenvalue weighted by atomic mass is 19.3. The third kappa shape index (κ3) is 2.09. The Hall–Kier alpha value is -2.30. The van der Waals surface area contributed by atoms with E-state index >= 15 is 0 Å². The Labute approximate surface area is 120 Å². The van der Waals surface area contributed by atoms with Crippen molar-refractivity contribution in [3.8, 4) is 11.4 Å². The van der Waals surface area contributed by atoms with Crippen LogP contribution in [0.1, 0.15) is 6.42 Å². The quantitative estimate of drug-likeness (QED) is 0.733. The van der Waals surface area contributed by atoms with Gasteiger partial charge >= 0.3 is 0 Å². The second-order valence-corrected chi connectivity index (χ2v) is 5.47. The Morgan fingerprint density at radius 2 is 2.10 bits per heavy atom. The highest BCUT2D eigenvalue weighted by molar-refractivity contribution is 5.94. The molecule has 0 radical (unpaired) electrons. The van der Waals surface area contributed by atoms with Gasteiger partial charge in [-0.25, -0.2) is 13.8 Å². The maximum atomic E-state index is 13.1. The molecule has 1 aliphatic rings. The summed E-state index contributed by atoms with van der Waals surface area (Å²) < 4.78 is 28.1. The molecule has 3 aromatic rings. The van der Waals surface area contributed by atoms with Crippen molar-refractivity contribution in [3.63, 3.8) is 0 Å². The van der Waals surface area contributed by atoms with Crippen LogP contribution in [-0.2, 0) is 6.54 Å². The summed E-state index contributed by atoms with van der Waals surface area (Å²) in [6, 6.07) is 7.81. The van der Waals surface area contributed by atoms with Crippen molar-refractivity contribution in [1.29, 1.82) is 0 Å². The van der Waals surface area contributed by atoms with Gasteiger partial charge in [0.05, 0.1) is 0 Å². The molecule has 0 N–H and O–H groups in total. The first kappa shape index (κ1) is 12.4. The summed E-state index contributed by atoms with van der Waals surface area (Å²) in [6.07, 6.45) is 6.93. The molecular formula is C16H13F2N3. The van der Waals surface area contributed by atoms with Gasteiger partial charge in [-0.3, -0.25) is 4.98 Å². The van der Waals surface area contributed by atoms with E-state index in [0.29, 0.717) is 6.54 Å². The van der Waals surface area contributed by atoms with Gasteiger partial charge in [0.25, 0.3) is 5.92 Å². The van der Waals surface area contributed by atoms with E-state index in [1.807, 2.05) is 28.8 Å². The number of halogens is 2. The molecule has 3 nitrogen and oxygen atoms in total. The smallest absolute Gasteiger partial charge is 0.253 e. The molecule has 5 heteroatoms. The zero-order chi connectivity index (χ0) is 14.4. The van der Waals surface area contributed by atoms with Crippen LogP contribution in [0.5, 0.6) is 0 Å². The van der Waals surface area contributed by atoms with E-state index in [1.165, 1.54) is 0 Å². The molecule has 0 spiro atoms. The Morgan fingerprint density at radius 3 is 2.90 bits per heavy atom. The minimum absolute atomic E-state index is 0.0237. The van der Waals surface area contributed by atoms with Crippen molar-refractivity contribution in [2.24, 2.45) is 5.92 Å². The molecule has 106 valence electrons. The summed E-state index contributed by atoms with van der Waals surface area (Å²) in [5.41, 5.74) is 0.948. The fraction of sp³-hybridized carbons (Fsp3) is 0.250. The normalized spacial score (nSPS) is 19.8. The predicted molar refractivity (Wildman–Crippen MR) is 76.0 cm³/mol. The SMILES string of the molecule is FC1(F)CC1Cn1ccnc1-c1cccc2cnccc12. The van der Waals surface area contributed by atoms with Crippen LogP contribution in [0.15, 0.2) is 49.1 Å². The molecule has 0 aliphatic heterocycles. The summed E-state index contributed by atoms with van der Waals surface area (Å²) in [6.45, 7) is 0.309. The Morgan fingerprint density at radius 1 is 1.24 bits per heavy atom. The number of benzene rings is 1. The summed E-state index contributed by atoms with van der Waals surface area (Å²) in [5, 5.41) is 2.05. The van der Waals surface area contributed by atoms with Crippen LogP contribution >= 0.6 is 0 Å². The largest absolute Gasteiger partial charge is 0.330 e. The lowest BCUT2D eigenvalue weighted by Gasteiger charge is -2.09. The second kappa shape index (κ2) is 4.35.